The second-order valence-corrected chi connectivity index (χ2v) is 9.09. The third-order valence-corrected chi connectivity index (χ3v) is 7.05. The fourth-order valence-electron chi connectivity index (χ4n) is 5.68. The molecule has 2 bridgehead atoms. The van der Waals surface area contributed by atoms with E-state index in [4.69, 9.17) is 0 Å². The summed E-state index contributed by atoms with van der Waals surface area (Å²) >= 11 is 0. The Morgan fingerprint density at radius 2 is 1.88 bits per heavy atom. The molecule has 4 nitrogen and oxygen atoms in total. The van der Waals surface area contributed by atoms with Crippen molar-refractivity contribution in [1.29, 1.82) is 0 Å². The molecule has 2 fully saturated rings. The summed E-state index contributed by atoms with van der Waals surface area (Å²) in [5.41, 5.74) is 2.86. The number of carbonyl (C=O) groups excluding carboxylic acids is 1. The van der Waals surface area contributed by atoms with E-state index >= 15 is 0 Å². The number of aryl methyl sites for hydroxylation is 1. The van der Waals surface area contributed by atoms with Crippen molar-refractivity contribution in [3.63, 3.8) is 0 Å². The monoisotopic (exact) mass is 351 g/mol. The van der Waals surface area contributed by atoms with E-state index in [0.717, 1.165) is 17.2 Å². The third kappa shape index (κ3) is 2.42. The molecule has 1 N–H and O–H groups in total. The summed E-state index contributed by atoms with van der Waals surface area (Å²) in [6.07, 6.45) is 3.72. The highest BCUT2D eigenvalue weighted by molar-refractivity contribution is 5.94. The molecule has 0 radical (unpaired) electrons. The lowest BCUT2D eigenvalue weighted by Gasteiger charge is -2.43. The molecular formula is C22H29N3O. The third-order valence-electron chi connectivity index (χ3n) is 7.05. The molecule has 138 valence electrons. The van der Waals surface area contributed by atoms with Gasteiger partial charge < -0.3 is 9.88 Å². The smallest absolute Gasteiger partial charge is 0.272 e. The van der Waals surface area contributed by atoms with Gasteiger partial charge >= 0.3 is 0 Å². The van der Waals surface area contributed by atoms with Crippen LogP contribution in [0.2, 0.25) is 0 Å². The standard InChI is InChI=1S/C22H29N3O/c1-14-18(23-15(2)25(14)17-9-7-6-8-10-17)19(26)24-20-21(3,4)16-11-12-22(20,5)13-16/h6-10,16,20H,11-13H2,1-5H3,(H,24,26)/t16-,20-,22+/m1/s1. The zero-order chi connectivity index (χ0) is 18.7. The van der Waals surface area contributed by atoms with Gasteiger partial charge in [-0.05, 0) is 62.0 Å². The summed E-state index contributed by atoms with van der Waals surface area (Å²) in [6.45, 7) is 10.9. The minimum Gasteiger partial charge on any atom is -0.347 e. The molecule has 1 heterocycles. The van der Waals surface area contributed by atoms with E-state index in [1.807, 2.05) is 44.2 Å². The van der Waals surface area contributed by atoms with Gasteiger partial charge in [0.1, 0.15) is 11.5 Å². The second kappa shape index (κ2) is 5.70. The number of hydrogen-bond donors (Lipinski definition) is 1. The highest BCUT2D eigenvalue weighted by Gasteiger charge is 2.59. The molecule has 26 heavy (non-hydrogen) atoms. The second-order valence-electron chi connectivity index (χ2n) is 9.09. The molecule has 0 aliphatic heterocycles. The number of amides is 1. The normalized spacial score (nSPS) is 29.1. The fraction of sp³-hybridized carbons (Fsp3) is 0.545. The highest BCUT2D eigenvalue weighted by atomic mass is 16.2. The van der Waals surface area contributed by atoms with Gasteiger partial charge in [-0.25, -0.2) is 4.98 Å². The van der Waals surface area contributed by atoms with Gasteiger partial charge in [0.05, 0.1) is 5.69 Å². The SMILES string of the molecule is Cc1nc(C(=O)N[C@@H]2C(C)(C)[C@@H]3CC[C@@]2(C)C3)c(C)n1-c1ccccc1. The molecule has 0 saturated heterocycles. The topological polar surface area (TPSA) is 46.9 Å². The highest BCUT2D eigenvalue weighted by Crippen LogP contribution is 2.62. The summed E-state index contributed by atoms with van der Waals surface area (Å²) < 4.78 is 2.06. The van der Waals surface area contributed by atoms with E-state index in [2.05, 4.69) is 35.6 Å². The maximum absolute atomic E-state index is 13.1. The number of carbonyl (C=O) groups is 1. The number of imidazole rings is 1. The van der Waals surface area contributed by atoms with Crippen molar-refractivity contribution >= 4 is 5.91 Å². The Balaban J connectivity index is 1.64. The van der Waals surface area contributed by atoms with Gasteiger partial charge in [0.15, 0.2) is 0 Å². The van der Waals surface area contributed by atoms with Crippen LogP contribution >= 0.6 is 0 Å². The van der Waals surface area contributed by atoms with Crippen LogP contribution in [-0.2, 0) is 0 Å². The number of nitrogens with zero attached hydrogens (tertiary/aromatic N) is 2. The Hall–Kier alpha value is -2.10. The van der Waals surface area contributed by atoms with Crippen molar-refractivity contribution in [3.05, 3.63) is 47.5 Å². The van der Waals surface area contributed by atoms with E-state index in [9.17, 15) is 4.79 Å². The first-order valence-electron chi connectivity index (χ1n) is 9.66. The first-order chi connectivity index (χ1) is 12.2. The zero-order valence-corrected chi connectivity index (χ0v) is 16.5. The summed E-state index contributed by atoms with van der Waals surface area (Å²) in [5.74, 6) is 1.52. The minimum atomic E-state index is -0.0351. The van der Waals surface area contributed by atoms with E-state index in [0.29, 0.717) is 11.6 Å². The van der Waals surface area contributed by atoms with Crippen LogP contribution in [0.5, 0.6) is 0 Å². The predicted molar refractivity (Wildman–Crippen MR) is 104 cm³/mol. The van der Waals surface area contributed by atoms with Gasteiger partial charge in [0.2, 0.25) is 0 Å². The fourth-order valence-corrected chi connectivity index (χ4v) is 5.68. The quantitative estimate of drug-likeness (QED) is 0.889. The van der Waals surface area contributed by atoms with Crippen LogP contribution in [0.3, 0.4) is 0 Å². The number of fused-ring (bicyclic) bond motifs is 2. The van der Waals surface area contributed by atoms with E-state index in [1.165, 1.54) is 19.3 Å². The Kier molecular flexibility index (Phi) is 3.80. The minimum absolute atomic E-state index is 0.0351. The Morgan fingerprint density at radius 3 is 2.50 bits per heavy atom. The molecule has 3 atom stereocenters. The van der Waals surface area contributed by atoms with E-state index in [-0.39, 0.29) is 22.8 Å². The molecule has 1 aromatic heterocycles. The van der Waals surface area contributed by atoms with Crippen LogP contribution in [0.15, 0.2) is 30.3 Å². The molecule has 2 aliphatic carbocycles. The van der Waals surface area contributed by atoms with Crippen LogP contribution < -0.4 is 5.32 Å². The van der Waals surface area contributed by atoms with Gasteiger partial charge in [0.25, 0.3) is 5.91 Å². The lowest BCUT2D eigenvalue weighted by atomic mass is 9.68. The number of nitrogens with one attached hydrogen (secondary N) is 1. The number of aromatic nitrogens is 2. The molecule has 1 aromatic carbocycles. The molecule has 4 rings (SSSR count). The molecule has 2 aliphatic rings. The van der Waals surface area contributed by atoms with Crippen LogP contribution in [0, 0.1) is 30.6 Å². The molecule has 4 heteroatoms. The molecule has 2 saturated carbocycles. The molecule has 2 aromatic rings. The molecule has 1 amide bonds. The van der Waals surface area contributed by atoms with Crippen molar-refractivity contribution in [2.75, 3.05) is 0 Å². The summed E-state index contributed by atoms with van der Waals surface area (Å²) in [6, 6.07) is 10.3. The average Bonchev–Trinajstić information content (AvgIpc) is 3.19. The van der Waals surface area contributed by atoms with Crippen LogP contribution in [0.25, 0.3) is 5.69 Å². The number of hydrogen-bond acceptors (Lipinski definition) is 2. The lowest BCUT2D eigenvalue weighted by molar-refractivity contribution is 0.0733. The van der Waals surface area contributed by atoms with E-state index < -0.39 is 0 Å². The van der Waals surface area contributed by atoms with Gasteiger partial charge in [-0.1, -0.05) is 39.0 Å². The average molecular weight is 351 g/mol. The molecule has 0 unspecified atom stereocenters. The van der Waals surface area contributed by atoms with Gasteiger partial charge in [-0.15, -0.1) is 0 Å². The van der Waals surface area contributed by atoms with E-state index in [1.54, 1.807) is 0 Å². The van der Waals surface area contributed by atoms with Crippen LogP contribution in [0.4, 0.5) is 0 Å². The Labute approximate surface area is 156 Å². The Morgan fingerprint density at radius 1 is 1.19 bits per heavy atom. The molecule has 0 spiro atoms. The van der Waals surface area contributed by atoms with Gasteiger partial charge in [-0.3, -0.25) is 4.79 Å². The van der Waals surface area contributed by atoms with Crippen LogP contribution in [-0.4, -0.2) is 21.5 Å². The summed E-state index contributed by atoms with van der Waals surface area (Å²) in [4.78, 5) is 17.7. The largest absolute Gasteiger partial charge is 0.347 e. The number of benzene rings is 1. The predicted octanol–water partition coefficient (Wildman–Crippen LogP) is 4.43. The number of para-hydroxylation sites is 1. The van der Waals surface area contributed by atoms with Crippen molar-refractivity contribution in [2.45, 2.75) is 59.9 Å². The zero-order valence-electron chi connectivity index (χ0n) is 16.5. The van der Waals surface area contributed by atoms with Crippen molar-refractivity contribution in [3.8, 4) is 5.69 Å². The lowest BCUT2D eigenvalue weighted by Crippen LogP contribution is -2.52. The van der Waals surface area contributed by atoms with Crippen molar-refractivity contribution in [2.24, 2.45) is 16.7 Å². The molecular weight excluding hydrogens is 322 g/mol. The van der Waals surface area contributed by atoms with Gasteiger partial charge in [-0.2, -0.15) is 0 Å². The Bertz CT molecular complexity index is 847. The first-order valence-corrected chi connectivity index (χ1v) is 9.66. The summed E-state index contributed by atoms with van der Waals surface area (Å²) in [7, 11) is 0. The van der Waals surface area contributed by atoms with Crippen LogP contribution in [0.1, 0.15) is 62.0 Å². The maximum Gasteiger partial charge on any atom is 0.272 e. The van der Waals surface area contributed by atoms with Gasteiger partial charge in [0, 0.05) is 11.7 Å². The van der Waals surface area contributed by atoms with Crippen molar-refractivity contribution < 1.29 is 4.79 Å². The first kappa shape index (κ1) is 17.3. The van der Waals surface area contributed by atoms with Crippen molar-refractivity contribution in [1.82, 2.24) is 14.9 Å². The summed E-state index contributed by atoms with van der Waals surface area (Å²) in [5, 5.41) is 3.38. The number of rotatable bonds is 3. The maximum atomic E-state index is 13.1.